The van der Waals surface area contributed by atoms with Crippen LogP contribution in [-0.2, 0) is 19.6 Å². The topological polar surface area (TPSA) is 93.2 Å². The average molecular weight is 413 g/mol. The van der Waals surface area contributed by atoms with Crippen molar-refractivity contribution in [2.24, 2.45) is 0 Å². The molecule has 0 N–H and O–H groups in total. The van der Waals surface area contributed by atoms with Crippen LogP contribution in [0.5, 0.6) is 5.75 Å². The van der Waals surface area contributed by atoms with Crippen molar-refractivity contribution in [3.05, 3.63) is 23.8 Å². The van der Waals surface area contributed by atoms with Crippen molar-refractivity contribution in [3.63, 3.8) is 0 Å². The number of likely N-dealkylation sites (N-methyl/N-ethyl adjacent to an activating group) is 1. The summed E-state index contributed by atoms with van der Waals surface area (Å²) in [6, 6.07) is 4.11. The van der Waals surface area contributed by atoms with E-state index in [4.69, 9.17) is 9.47 Å². The molecule has 0 saturated carbocycles. The number of methoxy groups -OCH3 is 1. The lowest BCUT2D eigenvalue weighted by molar-refractivity contribution is -0.137. The second-order valence-electron chi connectivity index (χ2n) is 6.96. The maximum atomic E-state index is 13.0. The van der Waals surface area contributed by atoms with Gasteiger partial charge in [-0.3, -0.25) is 4.79 Å². The first-order valence-electron chi connectivity index (χ1n) is 9.29. The van der Waals surface area contributed by atoms with Gasteiger partial charge >= 0.3 is 5.97 Å². The molecule has 1 amide bonds. The number of carbonyl (C=O) groups is 2. The minimum atomic E-state index is -3.73. The highest BCUT2D eigenvalue weighted by atomic mass is 32.2. The van der Waals surface area contributed by atoms with Crippen molar-refractivity contribution in [1.29, 1.82) is 0 Å². The smallest absolute Gasteiger partial charge is 0.342 e. The fourth-order valence-electron chi connectivity index (χ4n) is 3.08. The normalized spacial score (nSPS) is 16.7. The molecule has 1 aliphatic heterocycles. The highest BCUT2D eigenvalue weighted by Crippen LogP contribution is 2.27. The lowest BCUT2D eigenvalue weighted by Crippen LogP contribution is -2.35. The number of hydrogen-bond donors (Lipinski definition) is 0. The summed E-state index contributed by atoms with van der Waals surface area (Å²) in [6.45, 7) is 2.38. The summed E-state index contributed by atoms with van der Waals surface area (Å²) < 4.78 is 37.9. The van der Waals surface area contributed by atoms with Crippen LogP contribution in [0.1, 0.15) is 43.0 Å². The van der Waals surface area contributed by atoms with Gasteiger partial charge in [-0.2, -0.15) is 4.31 Å². The molecule has 2 rings (SSSR count). The summed E-state index contributed by atoms with van der Waals surface area (Å²) in [6.07, 6.45) is 2.63. The number of sulfonamides is 1. The summed E-state index contributed by atoms with van der Waals surface area (Å²) in [5.41, 5.74) is -0.0307. The lowest BCUT2D eigenvalue weighted by atomic mass is 10.2. The first kappa shape index (κ1) is 22.2. The van der Waals surface area contributed by atoms with Gasteiger partial charge in [0.05, 0.1) is 12.0 Å². The number of rotatable bonds is 6. The van der Waals surface area contributed by atoms with Crippen LogP contribution in [0.25, 0.3) is 0 Å². The van der Waals surface area contributed by atoms with Crippen LogP contribution < -0.4 is 4.74 Å². The molecule has 0 spiro atoms. The van der Waals surface area contributed by atoms with E-state index in [1.54, 1.807) is 14.1 Å². The first-order valence-corrected chi connectivity index (χ1v) is 10.7. The van der Waals surface area contributed by atoms with Gasteiger partial charge in [-0.05, 0) is 38.0 Å². The third kappa shape index (κ3) is 5.02. The van der Waals surface area contributed by atoms with E-state index in [1.165, 1.54) is 41.4 Å². The summed E-state index contributed by atoms with van der Waals surface area (Å²) in [5, 5.41) is 0. The van der Waals surface area contributed by atoms with E-state index in [1.807, 2.05) is 0 Å². The number of hydrogen-bond acceptors (Lipinski definition) is 6. The molecule has 0 radical (unpaired) electrons. The summed E-state index contributed by atoms with van der Waals surface area (Å²) in [5.74, 6) is -1.00. The van der Waals surface area contributed by atoms with E-state index in [2.05, 4.69) is 0 Å². The summed E-state index contributed by atoms with van der Waals surface area (Å²) in [4.78, 5) is 25.9. The van der Waals surface area contributed by atoms with Gasteiger partial charge in [-0.25, -0.2) is 13.2 Å². The number of esters is 1. The van der Waals surface area contributed by atoms with E-state index < -0.39 is 22.1 Å². The molecule has 1 fully saturated rings. The van der Waals surface area contributed by atoms with Crippen molar-refractivity contribution in [2.45, 2.75) is 43.6 Å². The van der Waals surface area contributed by atoms with Crippen molar-refractivity contribution >= 4 is 21.9 Å². The minimum Gasteiger partial charge on any atom is -0.496 e. The predicted molar refractivity (Wildman–Crippen MR) is 104 cm³/mol. The van der Waals surface area contributed by atoms with Gasteiger partial charge in [-0.15, -0.1) is 0 Å². The van der Waals surface area contributed by atoms with E-state index in [0.717, 1.165) is 25.7 Å². The van der Waals surface area contributed by atoms with Gasteiger partial charge in [0.2, 0.25) is 10.0 Å². The van der Waals surface area contributed by atoms with E-state index in [0.29, 0.717) is 13.1 Å². The maximum absolute atomic E-state index is 13.0. The molecule has 1 heterocycles. The Morgan fingerprint density at radius 1 is 1.11 bits per heavy atom. The molecule has 8 nitrogen and oxygen atoms in total. The monoisotopic (exact) mass is 412 g/mol. The van der Waals surface area contributed by atoms with E-state index in [9.17, 15) is 18.0 Å². The minimum absolute atomic E-state index is 0.00809. The van der Waals surface area contributed by atoms with Gasteiger partial charge < -0.3 is 14.4 Å². The fraction of sp³-hybridized carbons (Fsp3) is 0.579. The van der Waals surface area contributed by atoms with Gasteiger partial charge in [0.25, 0.3) is 5.91 Å². The molecule has 28 heavy (non-hydrogen) atoms. The number of amides is 1. The van der Waals surface area contributed by atoms with Crippen LogP contribution in [0.2, 0.25) is 0 Å². The van der Waals surface area contributed by atoms with Crippen LogP contribution in [0.15, 0.2) is 23.1 Å². The number of carbonyl (C=O) groups excluding carboxylic acids is 2. The zero-order chi connectivity index (χ0) is 20.9. The number of nitrogens with zero attached hydrogens (tertiary/aromatic N) is 2. The zero-order valence-corrected chi connectivity index (χ0v) is 17.6. The quantitative estimate of drug-likeness (QED) is 0.663. The van der Waals surface area contributed by atoms with E-state index >= 15 is 0 Å². The summed E-state index contributed by atoms with van der Waals surface area (Å²) in [7, 11) is 0.763. The van der Waals surface area contributed by atoms with Gasteiger partial charge in [-0.1, -0.05) is 12.8 Å². The molecule has 1 aromatic rings. The van der Waals surface area contributed by atoms with Crippen LogP contribution in [-0.4, -0.2) is 69.9 Å². The highest BCUT2D eigenvalue weighted by molar-refractivity contribution is 7.89. The van der Waals surface area contributed by atoms with Crippen LogP contribution >= 0.6 is 0 Å². The molecule has 0 aliphatic carbocycles. The standard InChI is InChI=1S/C19H28N2O6S/c1-14(18(22)20(2)3)27-19(23)16-13-15(9-10-17(16)26-4)28(24,25)21-11-7-5-6-8-12-21/h9-10,13-14H,5-8,11-12H2,1-4H3/t14-/m1/s1. The Balaban J connectivity index is 2.32. The van der Waals surface area contributed by atoms with Crippen LogP contribution in [0.4, 0.5) is 0 Å². The molecule has 9 heteroatoms. The molecule has 0 bridgehead atoms. The second-order valence-corrected chi connectivity index (χ2v) is 8.90. The maximum Gasteiger partial charge on any atom is 0.342 e. The van der Waals surface area contributed by atoms with Crippen LogP contribution in [0, 0.1) is 0 Å². The Labute approximate surface area is 166 Å². The Morgan fingerprint density at radius 3 is 2.25 bits per heavy atom. The van der Waals surface area contributed by atoms with Crippen molar-refractivity contribution in [1.82, 2.24) is 9.21 Å². The fourth-order valence-corrected chi connectivity index (χ4v) is 4.62. The molecule has 0 unspecified atom stereocenters. The van der Waals surface area contributed by atoms with E-state index in [-0.39, 0.29) is 22.1 Å². The highest BCUT2D eigenvalue weighted by Gasteiger charge is 2.28. The molecule has 1 aromatic carbocycles. The Kier molecular flexibility index (Phi) is 7.42. The average Bonchev–Trinajstić information content (AvgIpc) is 2.96. The first-order chi connectivity index (χ1) is 13.2. The van der Waals surface area contributed by atoms with Crippen molar-refractivity contribution in [3.8, 4) is 5.75 Å². The number of benzene rings is 1. The van der Waals surface area contributed by atoms with Crippen LogP contribution in [0.3, 0.4) is 0 Å². The molecule has 1 aliphatic rings. The summed E-state index contributed by atoms with van der Waals surface area (Å²) >= 11 is 0. The predicted octanol–water partition coefficient (Wildman–Crippen LogP) is 1.89. The molecule has 1 saturated heterocycles. The molecule has 0 aromatic heterocycles. The van der Waals surface area contributed by atoms with Crippen molar-refractivity contribution < 1.29 is 27.5 Å². The third-order valence-electron chi connectivity index (χ3n) is 4.67. The Morgan fingerprint density at radius 2 is 1.71 bits per heavy atom. The van der Waals surface area contributed by atoms with Gasteiger partial charge in [0.1, 0.15) is 11.3 Å². The largest absolute Gasteiger partial charge is 0.496 e. The molecule has 1 atom stereocenters. The molecule has 156 valence electrons. The Bertz CT molecular complexity index is 814. The Hall–Kier alpha value is -2.13. The third-order valence-corrected chi connectivity index (χ3v) is 6.56. The van der Waals surface area contributed by atoms with Gasteiger partial charge in [0, 0.05) is 27.2 Å². The lowest BCUT2D eigenvalue weighted by Gasteiger charge is -2.21. The molecular formula is C19H28N2O6S. The SMILES string of the molecule is COc1ccc(S(=O)(=O)N2CCCCCC2)cc1C(=O)O[C@H](C)C(=O)N(C)C. The molecular weight excluding hydrogens is 384 g/mol. The second kappa shape index (κ2) is 9.38. The van der Waals surface area contributed by atoms with Gasteiger partial charge in [0.15, 0.2) is 6.10 Å². The zero-order valence-electron chi connectivity index (χ0n) is 16.8. The van der Waals surface area contributed by atoms with Crippen molar-refractivity contribution in [2.75, 3.05) is 34.3 Å². The number of ether oxygens (including phenoxy) is 2.